The highest BCUT2D eigenvalue weighted by molar-refractivity contribution is 5.95. The minimum Gasteiger partial charge on any atom is -0.504 e. The van der Waals surface area contributed by atoms with Crippen molar-refractivity contribution in [3.8, 4) is 11.5 Å². The summed E-state index contributed by atoms with van der Waals surface area (Å²) in [6.45, 7) is 4.23. The van der Waals surface area contributed by atoms with Gasteiger partial charge in [0.25, 0.3) is 5.91 Å². The van der Waals surface area contributed by atoms with Gasteiger partial charge in [0.15, 0.2) is 11.5 Å². The van der Waals surface area contributed by atoms with Crippen LogP contribution in [0.2, 0.25) is 0 Å². The number of phenols is 1. The normalized spacial score (nSPS) is 10.7. The first kappa shape index (κ1) is 16.3. The van der Waals surface area contributed by atoms with Crippen LogP contribution in [0.25, 0.3) is 0 Å². The number of ether oxygens (including phenoxy) is 1. The monoisotopic (exact) mass is 281 g/mol. The summed E-state index contributed by atoms with van der Waals surface area (Å²) in [7, 11) is 1.46. The van der Waals surface area contributed by atoms with E-state index in [1.54, 1.807) is 17.0 Å². The Hall–Kier alpha value is -1.75. The number of phenolic OH excluding ortho intramolecular Hbond substituents is 1. The van der Waals surface area contributed by atoms with Crippen molar-refractivity contribution in [2.45, 2.75) is 32.7 Å². The number of carbonyl (C=O) groups is 1. The zero-order chi connectivity index (χ0) is 15.1. The molecule has 5 nitrogen and oxygen atoms in total. The third-order valence-corrected chi connectivity index (χ3v) is 3.41. The van der Waals surface area contributed by atoms with Crippen molar-refractivity contribution in [1.82, 2.24) is 4.90 Å². The first-order valence-corrected chi connectivity index (χ1v) is 6.87. The Labute approximate surface area is 119 Å². The lowest BCUT2D eigenvalue weighted by Gasteiger charge is -2.30. The zero-order valence-electron chi connectivity index (χ0n) is 12.3. The first-order valence-electron chi connectivity index (χ1n) is 6.87. The van der Waals surface area contributed by atoms with Crippen molar-refractivity contribution < 1.29 is 19.7 Å². The number of nitrogens with zero attached hydrogens (tertiary/aromatic N) is 1. The Bertz CT molecular complexity index is 443. The second-order valence-corrected chi connectivity index (χ2v) is 4.58. The van der Waals surface area contributed by atoms with Crippen LogP contribution in [0.15, 0.2) is 18.2 Å². The van der Waals surface area contributed by atoms with Gasteiger partial charge >= 0.3 is 0 Å². The summed E-state index contributed by atoms with van der Waals surface area (Å²) in [4.78, 5) is 14.2. The van der Waals surface area contributed by atoms with Crippen LogP contribution in [-0.4, -0.2) is 47.3 Å². The molecule has 1 rings (SSSR count). The van der Waals surface area contributed by atoms with E-state index in [9.17, 15) is 9.90 Å². The number of hydrogen-bond acceptors (Lipinski definition) is 4. The summed E-state index contributed by atoms with van der Waals surface area (Å²) in [5, 5.41) is 18.9. The summed E-state index contributed by atoms with van der Waals surface area (Å²) >= 11 is 0. The number of carbonyl (C=O) groups excluding carboxylic acids is 1. The van der Waals surface area contributed by atoms with Gasteiger partial charge in [0.2, 0.25) is 0 Å². The topological polar surface area (TPSA) is 70.0 Å². The zero-order valence-corrected chi connectivity index (χ0v) is 12.3. The highest BCUT2D eigenvalue weighted by Crippen LogP contribution is 2.27. The number of benzene rings is 1. The number of aliphatic hydroxyl groups is 1. The molecule has 0 bridgehead atoms. The van der Waals surface area contributed by atoms with Crippen LogP contribution in [0.5, 0.6) is 11.5 Å². The van der Waals surface area contributed by atoms with E-state index >= 15 is 0 Å². The molecule has 0 fully saturated rings. The minimum atomic E-state index is -0.189. The summed E-state index contributed by atoms with van der Waals surface area (Å²) in [5.74, 6) is 0.0790. The van der Waals surface area contributed by atoms with Crippen molar-refractivity contribution in [3.63, 3.8) is 0 Å². The molecule has 20 heavy (non-hydrogen) atoms. The fourth-order valence-corrected chi connectivity index (χ4v) is 2.28. The SMILES string of the molecule is CCC(CC)N(CCO)C(=O)c1ccc(OC)c(O)c1. The Morgan fingerprint density at radius 2 is 2.00 bits per heavy atom. The van der Waals surface area contributed by atoms with E-state index in [-0.39, 0.29) is 30.9 Å². The van der Waals surface area contributed by atoms with Crippen molar-refractivity contribution >= 4 is 5.91 Å². The molecule has 0 atom stereocenters. The van der Waals surface area contributed by atoms with E-state index in [4.69, 9.17) is 9.84 Å². The standard InChI is InChI=1S/C15H23NO4/c1-4-12(5-2)16(8-9-17)15(19)11-6-7-14(20-3)13(18)10-11/h6-7,10,12,17-18H,4-5,8-9H2,1-3H3. The molecule has 0 aromatic heterocycles. The van der Waals surface area contributed by atoms with E-state index in [0.29, 0.717) is 11.3 Å². The molecule has 0 heterocycles. The fourth-order valence-electron chi connectivity index (χ4n) is 2.28. The Morgan fingerprint density at radius 1 is 1.35 bits per heavy atom. The van der Waals surface area contributed by atoms with Gasteiger partial charge in [-0.3, -0.25) is 4.79 Å². The average molecular weight is 281 g/mol. The molecular weight excluding hydrogens is 258 g/mol. The predicted molar refractivity (Wildman–Crippen MR) is 77.2 cm³/mol. The molecule has 0 spiro atoms. The lowest BCUT2D eigenvalue weighted by atomic mass is 10.1. The van der Waals surface area contributed by atoms with Crippen LogP contribution in [-0.2, 0) is 0 Å². The number of methoxy groups -OCH3 is 1. The van der Waals surface area contributed by atoms with Crippen LogP contribution in [0.1, 0.15) is 37.0 Å². The Balaban J connectivity index is 3.02. The van der Waals surface area contributed by atoms with Crippen molar-refractivity contribution in [2.24, 2.45) is 0 Å². The van der Waals surface area contributed by atoms with Crippen LogP contribution >= 0.6 is 0 Å². The lowest BCUT2D eigenvalue weighted by Crippen LogP contribution is -2.41. The summed E-state index contributed by atoms with van der Waals surface area (Å²) in [6.07, 6.45) is 1.65. The lowest BCUT2D eigenvalue weighted by molar-refractivity contribution is 0.0622. The third kappa shape index (κ3) is 3.63. The molecule has 1 aromatic rings. The van der Waals surface area contributed by atoms with Gasteiger partial charge in [-0.25, -0.2) is 0 Å². The maximum atomic E-state index is 12.5. The average Bonchev–Trinajstić information content (AvgIpc) is 2.46. The fraction of sp³-hybridized carbons (Fsp3) is 0.533. The number of amides is 1. The molecule has 0 radical (unpaired) electrons. The van der Waals surface area contributed by atoms with Crippen molar-refractivity contribution in [1.29, 1.82) is 0 Å². The van der Waals surface area contributed by atoms with Gasteiger partial charge in [-0.15, -0.1) is 0 Å². The van der Waals surface area contributed by atoms with Crippen molar-refractivity contribution in [3.05, 3.63) is 23.8 Å². The number of aliphatic hydroxyl groups excluding tert-OH is 1. The van der Waals surface area contributed by atoms with Crippen LogP contribution in [0, 0.1) is 0 Å². The molecule has 0 saturated carbocycles. The molecule has 112 valence electrons. The number of rotatable bonds is 7. The highest BCUT2D eigenvalue weighted by atomic mass is 16.5. The highest BCUT2D eigenvalue weighted by Gasteiger charge is 2.22. The maximum absolute atomic E-state index is 12.5. The van der Waals surface area contributed by atoms with Gasteiger partial charge in [-0.2, -0.15) is 0 Å². The smallest absolute Gasteiger partial charge is 0.254 e. The molecule has 0 aliphatic rings. The summed E-state index contributed by atoms with van der Waals surface area (Å²) < 4.78 is 4.96. The molecule has 0 aliphatic heterocycles. The van der Waals surface area contributed by atoms with Gasteiger partial charge in [-0.05, 0) is 31.0 Å². The second kappa shape index (κ2) is 7.75. The third-order valence-electron chi connectivity index (χ3n) is 3.41. The molecule has 2 N–H and O–H groups in total. The van der Waals surface area contributed by atoms with Crippen LogP contribution < -0.4 is 4.74 Å². The van der Waals surface area contributed by atoms with Gasteiger partial charge in [0.1, 0.15) is 0 Å². The van der Waals surface area contributed by atoms with E-state index in [1.165, 1.54) is 13.2 Å². The van der Waals surface area contributed by atoms with Gasteiger partial charge in [0, 0.05) is 18.2 Å². The molecular formula is C15H23NO4. The summed E-state index contributed by atoms with van der Waals surface area (Å²) in [6, 6.07) is 4.66. The van der Waals surface area contributed by atoms with Crippen molar-refractivity contribution in [2.75, 3.05) is 20.3 Å². The van der Waals surface area contributed by atoms with E-state index in [2.05, 4.69) is 0 Å². The Morgan fingerprint density at radius 3 is 2.45 bits per heavy atom. The predicted octanol–water partition coefficient (Wildman–Crippen LogP) is 2.02. The molecule has 1 aromatic carbocycles. The summed E-state index contributed by atoms with van der Waals surface area (Å²) in [5.41, 5.74) is 0.392. The number of hydrogen-bond donors (Lipinski definition) is 2. The molecule has 0 saturated heterocycles. The van der Waals surface area contributed by atoms with E-state index < -0.39 is 0 Å². The number of aromatic hydroxyl groups is 1. The maximum Gasteiger partial charge on any atom is 0.254 e. The molecule has 0 aliphatic carbocycles. The largest absolute Gasteiger partial charge is 0.504 e. The molecule has 0 unspecified atom stereocenters. The minimum absolute atomic E-state index is 0.0631. The van der Waals surface area contributed by atoms with E-state index in [0.717, 1.165) is 12.8 Å². The Kier molecular flexibility index (Phi) is 6.31. The first-order chi connectivity index (χ1) is 9.58. The van der Waals surface area contributed by atoms with Gasteiger partial charge in [-0.1, -0.05) is 13.8 Å². The van der Waals surface area contributed by atoms with Gasteiger partial charge in [0.05, 0.1) is 13.7 Å². The quantitative estimate of drug-likeness (QED) is 0.802. The van der Waals surface area contributed by atoms with E-state index in [1.807, 2.05) is 13.8 Å². The molecule has 1 amide bonds. The second-order valence-electron chi connectivity index (χ2n) is 4.58. The van der Waals surface area contributed by atoms with Gasteiger partial charge < -0.3 is 19.8 Å². The van der Waals surface area contributed by atoms with Crippen LogP contribution in [0.4, 0.5) is 0 Å². The van der Waals surface area contributed by atoms with Crippen LogP contribution in [0.3, 0.4) is 0 Å². The molecule has 5 heteroatoms.